The van der Waals surface area contributed by atoms with Gasteiger partial charge in [-0.1, -0.05) is 44.2 Å². The third kappa shape index (κ3) is 5.79. The second-order valence-electron chi connectivity index (χ2n) is 6.85. The number of carbonyl (C=O) groups excluding carboxylic acids is 1. The van der Waals surface area contributed by atoms with Crippen molar-refractivity contribution in [2.24, 2.45) is 5.92 Å². The minimum atomic E-state index is -1.22. The van der Waals surface area contributed by atoms with Gasteiger partial charge in [-0.2, -0.15) is 0 Å². The average Bonchev–Trinajstić information content (AvgIpc) is 2.62. The fourth-order valence-electron chi connectivity index (χ4n) is 2.80. The molecule has 0 heterocycles. The summed E-state index contributed by atoms with van der Waals surface area (Å²) in [6.07, 6.45) is 0.289. The van der Waals surface area contributed by atoms with Gasteiger partial charge in [0.25, 0.3) is 5.91 Å². The molecule has 0 aliphatic carbocycles. The normalized spacial score (nSPS) is 13.3. The Bertz CT molecular complexity index is 834. The third-order valence-corrected chi connectivity index (χ3v) is 4.18. The molecule has 2 atom stereocenters. The number of rotatable bonds is 9. The van der Waals surface area contributed by atoms with Crippen LogP contribution in [-0.2, 0) is 9.59 Å². The van der Waals surface area contributed by atoms with Crippen molar-refractivity contribution in [3.8, 4) is 0 Å². The summed E-state index contributed by atoms with van der Waals surface area (Å²) in [5.41, 5.74) is 0.412. The van der Waals surface area contributed by atoms with Gasteiger partial charge >= 0.3 is 11.9 Å². The SMILES string of the molecule is CC(C)C[C@H](N[C@@H](CNC(=O)c1ccc2ccccc2c1)C(=O)O)C(=O)O. The molecule has 0 aromatic heterocycles. The Morgan fingerprint density at radius 3 is 2.15 bits per heavy atom. The molecule has 0 aliphatic rings. The summed E-state index contributed by atoms with van der Waals surface area (Å²) < 4.78 is 0. The number of aliphatic carboxylic acids is 2. The van der Waals surface area contributed by atoms with Gasteiger partial charge in [-0.25, -0.2) is 0 Å². The topological polar surface area (TPSA) is 116 Å². The molecule has 2 aromatic carbocycles. The summed E-state index contributed by atoms with van der Waals surface area (Å²) in [6.45, 7) is 3.49. The number of hydrogen-bond donors (Lipinski definition) is 4. The van der Waals surface area contributed by atoms with Gasteiger partial charge in [0, 0.05) is 12.1 Å². The van der Waals surface area contributed by atoms with Gasteiger partial charge in [-0.3, -0.25) is 19.7 Å². The molecule has 7 heteroatoms. The second kappa shape index (κ2) is 9.14. The molecular formula is C20H24N2O5. The molecule has 0 bridgehead atoms. The summed E-state index contributed by atoms with van der Waals surface area (Å²) in [7, 11) is 0. The number of carbonyl (C=O) groups is 3. The molecule has 0 saturated carbocycles. The van der Waals surface area contributed by atoms with Crippen molar-refractivity contribution in [3.63, 3.8) is 0 Å². The zero-order chi connectivity index (χ0) is 20.0. The Hall–Kier alpha value is -2.93. The van der Waals surface area contributed by atoms with Crippen LogP contribution in [-0.4, -0.2) is 46.7 Å². The molecule has 1 amide bonds. The first-order valence-electron chi connectivity index (χ1n) is 8.76. The maximum absolute atomic E-state index is 12.4. The molecule has 7 nitrogen and oxygen atoms in total. The maximum atomic E-state index is 12.4. The Morgan fingerprint density at radius 2 is 1.56 bits per heavy atom. The number of hydrogen-bond acceptors (Lipinski definition) is 4. The molecule has 0 fully saturated rings. The van der Waals surface area contributed by atoms with E-state index in [2.05, 4.69) is 10.6 Å². The molecule has 2 rings (SSSR count). The highest BCUT2D eigenvalue weighted by Gasteiger charge is 2.27. The van der Waals surface area contributed by atoms with E-state index >= 15 is 0 Å². The van der Waals surface area contributed by atoms with E-state index in [1.807, 2.05) is 44.2 Å². The van der Waals surface area contributed by atoms with Crippen LogP contribution in [0, 0.1) is 5.92 Å². The van der Waals surface area contributed by atoms with Crippen molar-refractivity contribution in [2.75, 3.05) is 6.54 Å². The molecule has 0 aliphatic heterocycles. The molecule has 0 saturated heterocycles. The summed E-state index contributed by atoms with van der Waals surface area (Å²) in [6, 6.07) is 10.6. The zero-order valence-corrected chi connectivity index (χ0v) is 15.3. The highest BCUT2D eigenvalue weighted by molar-refractivity contribution is 5.98. The van der Waals surface area contributed by atoms with E-state index in [4.69, 9.17) is 0 Å². The van der Waals surface area contributed by atoms with Crippen LogP contribution in [0.15, 0.2) is 42.5 Å². The number of carboxylic acids is 2. The van der Waals surface area contributed by atoms with Crippen LogP contribution in [0.25, 0.3) is 10.8 Å². The van der Waals surface area contributed by atoms with Crippen molar-refractivity contribution in [1.82, 2.24) is 10.6 Å². The van der Waals surface area contributed by atoms with E-state index < -0.39 is 29.9 Å². The lowest BCUT2D eigenvalue weighted by atomic mass is 10.0. The average molecular weight is 372 g/mol. The van der Waals surface area contributed by atoms with Crippen LogP contribution in [0.1, 0.15) is 30.6 Å². The Balaban J connectivity index is 2.04. The van der Waals surface area contributed by atoms with E-state index in [1.54, 1.807) is 12.1 Å². The van der Waals surface area contributed by atoms with E-state index in [1.165, 1.54) is 0 Å². The maximum Gasteiger partial charge on any atom is 0.322 e. The number of nitrogens with one attached hydrogen (secondary N) is 2. The van der Waals surface area contributed by atoms with Crippen molar-refractivity contribution < 1.29 is 24.6 Å². The summed E-state index contributed by atoms with van der Waals surface area (Å²) in [4.78, 5) is 35.2. The predicted molar refractivity (Wildman–Crippen MR) is 102 cm³/mol. The fourth-order valence-corrected chi connectivity index (χ4v) is 2.80. The molecule has 4 N–H and O–H groups in total. The molecule has 0 unspecified atom stereocenters. The van der Waals surface area contributed by atoms with E-state index in [0.717, 1.165) is 10.8 Å². The lowest BCUT2D eigenvalue weighted by Crippen LogP contribution is -2.52. The quantitative estimate of drug-likeness (QED) is 0.536. The van der Waals surface area contributed by atoms with Crippen LogP contribution >= 0.6 is 0 Å². The zero-order valence-electron chi connectivity index (χ0n) is 15.3. The second-order valence-corrected chi connectivity index (χ2v) is 6.85. The minimum Gasteiger partial charge on any atom is -0.480 e. The highest BCUT2D eigenvalue weighted by atomic mass is 16.4. The van der Waals surface area contributed by atoms with Crippen LogP contribution in [0.2, 0.25) is 0 Å². The van der Waals surface area contributed by atoms with Gasteiger partial charge in [-0.05, 0) is 35.2 Å². The van der Waals surface area contributed by atoms with Crippen molar-refractivity contribution in [2.45, 2.75) is 32.4 Å². The van der Waals surface area contributed by atoms with E-state index in [9.17, 15) is 24.6 Å². The molecule has 144 valence electrons. The number of fused-ring (bicyclic) bond motifs is 1. The summed E-state index contributed by atoms with van der Waals surface area (Å²) in [5.74, 6) is -2.66. The first-order chi connectivity index (χ1) is 12.8. The summed E-state index contributed by atoms with van der Waals surface area (Å²) in [5, 5.41) is 25.7. The van der Waals surface area contributed by atoms with Crippen LogP contribution in [0.3, 0.4) is 0 Å². The van der Waals surface area contributed by atoms with Gasteiger partial charge in [0.2, 0.25) is 0 Å². The molecular weight excluding hydrogens is 348 g/mol. The van der Waals surface area contributed by atoms with Gasteiger partial charge in [0.1, 0.15) is 12.1 Å². The fraction of sp³-hybridized carbons (Fsp3) is 0.350. The monoisotopic (exact) mass is 372 g/mol. The predicted octanol–water partition coefficient (Wildman–Crippen LogP) is 2.11. The van der Waals surface area contributed by atoms with Crippen molar-refractivity contribution in [1.29, 1.82) is 0 Å². The van der Waals surface area contributed by atoms with Gasteiger partial charge in [-0.15, -0.1) is 0 Å². The smallest absolute Gasteiger partial charge is 0.322 e. The van der Waals surface area contributed by atoms with Gasteiger partial charge in [0.15, 0.2) is 0 Å². The molecule has 27 heavy (non-hydrogen) atoms. The lowest BCUT2D eigenvalue weighted by molar-refractivity contribution is -0.142. The van der Waals surface area contributed by atoms with E-state index in [-0.39, 0.29) is 18.9 Å². The molecule has 0 radical (unpaired) electrons. The first-order valence-corrected chi connectivity index (χ1v) is 8.76. The minimum absolute atomic E-state index is 0.0836. The Kier molecular flexibility index (Phi) is 6.90. The number of benzene rings is 2. The van der Waals surface area contributed by atoms with Gasteiger partial charge in [0.05, 0.1) is 0 Å². The largest absolute Gasteiger partial charge is 0.480 e. The summed E-state index contributed by atoms with van der Waals surface area (Å²) >= 11 is 0. The highest BCUT2D eigenvalue weighted by Crippen LogP contribution is 2.15. The van der Waals surface area contributed by atoms with Crippen LogP contribution in [0.5, 0.6) is 0 Å². The van der Waals surface area contributed by atoms with Crippen molar-refractivity contribution >= 4 is 28.6 Å². The Morgan fingerprint density at radius 1 is 0.926 bits per heavy atom. The molecule has 0 spiro atoms. The molecule has 2 aromatic rings. The third-order valence-electron chi connectivity index (χ3n) is 4.18. The van der Waals surface area contributed by atoms with Crippen LogP contribution < -0.4 is 10.6 Å². The lowest BCUT2D eigenvalue weighted by Gasteiger charge is -2.22. The van der Waals surface area contributed by atoms with Crippen molar-refractivity contribution in [3.05, 3.63) is 48.0 Å². The number of carboxylic acid groups (broad SMARTS) is 2. The van der Waals surface area contributed by atoms with E-state index in [0.29, 0.717) is 5.56 Å². The first kappa shape index (κ1) is 20.4. The number of amides is 1. The standard InChI is InChI=1S/C20H24N2O5/c1-12(2)9-16(19(24)25)22-17(20(26)27)11-21-18(23)15-8-7-13-5-3-4-6-14(13)10-15/h3-8,10,12,16-17,22H,9,11H2,1-2H3,(H,21,23)(H,24,25)(H,26,27)/t16-,17-/m0/s1. The van der Waals surface area contributed by atoms with Gasteiger partial charge < -0.3 is 15.5 Å². The Labute approximate surface area is 157 Å². The van der Waals surface area contributed by atoms with Crippen LogP contribution in [0.4, 0.5) is 0 Å².